The molecule has 0 bridgehead atoms. The number of halogens is 2. The molecule has 4 heterocycles. The zero-order valence-corrected chi connectivity index (χ0v) is 24.9. The third-order valence-electron chi connectivity index (χ3n) is 5.69. The van der Waals surface area contributed by atoms with Crippen LogP contribution in [0.5, 0.6) is 0 Å². The number of hydrogen-bond acceptors (Lipinski definition) is 5. The van der Waals surface area contributed by atoms with Gasteiger partial charge in [-0.2, -0.15) is 8.73 Å². The van der Waals surface area contributed by atoms with Gasteiger partial charge in [0.2, 0.25) is 0 Å². The molecule has 0 fully saturated rings. The Labute approximate surface area is 224 Å². The fourth-order valence-electron chi connectivity index (χ4n) is 4.02. The molecule has 0 saturated heterocycles. The van der Waals surface area contributed by atoms with Gasteiger partial charge in [-0.25, -0.2) is 0 Å². The highest BCUT2D eigenvalue weighted by Gasteiger charge is 2.27. The van der Waals surface area contributed by atoms with Crippen LogP contribution >= 0.6 is 65.9 Å². The lowest BCUT2D eigenvalue weighted by Gasteiger charge is -2.03. The number of fused-ring (bicyclic) bond motifs is 1. The average Bonchev–Trinajstić information content (AvgIpc) is 3.53. The third kappa shape index (κ3) is 5.74. The number of rotatable bonds is 12. The molecule has 0 amide bonds. The molecular formula is C24H28Br2N2S4. The molecule has 0 unspecified atom stereocenters. The minimum absolute atomic E-state index is 1.08. The minimum Gasteiger partial charge on any atom is -0.171 e. The Morgan fingerprint density at radius 1 is 0.625 bits per heavy atom. The van der Waals surface area contributed by atoms with Crippen molar-refractivity contribution in [3.05, 3.63) is 30.8 Å². The summed E-state index contributed by atoms with van der Waals surface area (Å²) in [5.41, 5.74) is 5.07. The van der Waals surface area contributed by atoms with Crippen molar-refractivity contribution >= 4 is 88.6 Å². The second-order valence-corrected chi connectivity index (χ2v) is 14.6. The lowest BCUT2D eigenvalue weighted by molar-refractivity contribution is 0.668. The minimum atomic E-state index is 1.08. The van der Waals surface area contributed by atoms with Gasteiger partial charge in [0.1, 0.15) is 11.4 Å². The number of aryl methyl sites for hydroxylation is 2. The highest BCUT2D eigenvalue weighted by Crippen LogP contribution is 2.58. The first-order chi connectivity index (χ1) is 15.6. The van der Waals surface area contributed by atoms with Crippen molar-refractivity contribution in [3.8, 4) is 19.5 Å². The molecule has 1 aliphatic heterocycles. The molecule has 0 saturated carbocycles. The Bertz CT molecular complexity index is 1050. The fourth-order valence-corrected chi connectivity index (χ4v) is 9.61. The van der Waals surface area contributed by atoms with Crippen LogP contribution < -0.4 is 0 Å². The first kappa shape index (κ1) is 25.0. The van der Waals surface area contributed by atoms with Gasteiger partial charge in [0, 0.05) is 0 Å². The van der Waals surface area contributed by atoms with Gasteiger partial charge >= 0.3 is 0 Å². The number of unbranched alkanes of at least 4 members (excludes halogenated alkanes) is 6. The molecule has 0 N–H and O–H groups in total. The molecular weight excluding hydrogens is 604 g/mol. The van der Waals surface area contributed by atoms with Crippen LogP contribution in [-0.2, 0) is 24.2 Å². The SMILES string of the molecule is CCCCCCc1cc(Br)sc1-c1sc(-c2sc(Br)cc2CCCCCC)c2c1N=S=N2. The van der Waals surface area contributed by atoms with E-state index in [9.17, 15) is 0 Å². The molecule has 0 spiro atoms. The second kappa shape index (κ2) is 12.0. The molecule has 8 heteroatoms. The van der Waals surface area contributed by atoms with Crippen LogP contribution in [-0.4, -0.2) is 0 Å². The molecule has 0 radical (unpaired) electrons. The van der Waals surface area contributed by atoms with E-state index in [0.29, 0.717) is 0 Å². The average molecular weight is 633 g/mol. The number of thiophene rings is 3. The van der Waals surface area contributed by atoms with E-state index >= 15 is 0 Å². The summed E-state index contributed by atoms with van der Waals surface area (Å²) in [6, 6.07) is 4.63. The summed E-state index contributed by atoms with van der Waals surface area (Å²) in [6.45, 7) is 4.54. The van der Waals surface area contributed by atoms with E-state index in [4.69, 9.17) is 8.73 Å². The molecule has 172 valence electrons. The highest BCUT2D eigenvalue weighted by atomic mass is 79.9. The first-order valence-corrected chi connectivity index (χ1v) is 16.2. The molecule has 4 rings (SSSR count). The largest absolute Gasteiger partial charge is 0.171 e. The molecule has 32 heavy (non-hydrogen) atoms. The van der Waals surface area contributed by atoms with Gasteiger partial charge in [-0.3, -0.25) is 0 Å². The molecule has 2 nitrogen and oxygen atoms in total. The quantitative estimate of drug-likeness (QED) is 0.139. The lowest BCUT2D eigenvalue weighted by Crippen LogP contribution is -1.85. The Morgan fingerprint density at radius 3 is 1.53 bits per heavy atom. The molecule has 0 aromatic carbocycles. The van der Waals surface area contributed by atoms with Crippen molar-refractivity contribution in [3.63, 3.8) is 0 Å². The van der Waals surface area contributed by atoms with Crippen molar-refractivity contribution in [2.75, 3.05) is 0 Å². The van der Waals surface area contributed by atoms with Gasteiger partial charge in [-0.15, -0.1) is 34.0 Å². The Hall–Kier alpha value is -0.120. The smallest absolute Gasteiger partial charge is 0.124 e. The number of hydrogen-bond donors (Lipinski definition) is 0. The van der Waals surface area contributed by atoms with Crippen LogP contribution in [0.15, 0.2) is 28.4 Å². The van der Waals surface area contributed by atoms with Crippen LogP contribution in [0.3, 0.4) is 0 Å². The zero-order valence-electron chi connectivity index (χ0n) is 18.5. The van der Waals surface area contributed by atoms with Crippen molar-refractivity contribution in [1.82, 2.24) is 0 Å². The summed E-state index contributed by atoms with van der Waals surface area (Å²) in [6.07, 6.45) is 12.6. The Kier molecular flexibility index (Phi) is 9.39. The van der Waals surface area contributed by atoms with Crippen LogP contribution in [0.4, 0.5) is 11.4 Å². The van der Waals surface area contributed by atoms with Gasteiger partial charge in [0.15, 0.2) is 0 Å². The van der Waals surface area contributed by atoms with E-state index in [1.54, 1.807) is 0 Å². The van der Waals surface area contributed by atoms with Crippen molar-refractivity contribution < 1.29 is 0 Å². The zero-order chi connectivity index (χ0) is 22.5. The predicted molar refractivity (Wildman–Crippen MR) is 154 cm³/mol. The van der Waals surface area contributed by atoms with E-state index < -0.39 is 0 Å². The summed E-state index contributed by atoms with van der Waals surface area (Å²) in [4.78, 5) is 5.35. The number of nitrogens with zero attached hydrogens (tertiary/aromatic N) is 2. The van der Waals surface area contributed by atoms with Crippen molar-refractivity contribution in [2.45, 2.75) is 78.1 Å². The standard InChI is InChI=1S/C24H28Br2N2S4/c1-3-5-7-9-11-15-13-17(25)29-21(15)23-19-20(28-32-27-19)24(31-23)22-16(14-18(26)30-22)12-10-8-6-4-2/h13-14H,3-12H2,1-2H3. The molecule has 1 aliphatic rings. The normalized spacial score (nSPS) is 12.5. The summed E-state index contributed by atoms with van der Waals surface area (Å²) < 4.78 is 11.9. The van der Waals surface area contributed by atoms with Gasteiger partial charge < -0.3 is 0 Å². The summed E-state index contributed by atoms with van der Waals surface area (Å²) >= 11 is 14.4. The monoisotopic (exact) mass is 630 g/mol. The Morgan fingerprint density at radius 2 is 1.09 bits per heavy atom. The molecule has 0 atom stereocenters. The maximum Gasteiger partial charge on any atom is 0.124 e. The summed E-state index contributed by atoms with van der Waals surface area (Å²) in [5, 5.41) is 0. The van der Waals surface area contributed by atoms with E-state index in [1.165, 1.54) is 101 Å². The maximum atomic E-state index is 4.75. The van der Waals surface area contributed by atoms with Crippen LogP contribution in [0.2, 0.25) is 0 Å². The van der Waals surface area contributed by atoms with E-state index in [2.05, 4.69) is 57.8 Å². The maximum absolute atomic E-state index is 4.75. The van der Waals surface area contributed by atoms with E-state index in [0.717, 1.165) is 24.2 Å². The van der Waals surface area contributed by atoms with Crippen molar-refractivity contribution in [2.24, 2.45) is 8.73 Å². The lowest BCUT2D eigenvalue weighted by atomic mass is 10.1. The third-order valence-corrected chi connectivity index (χ3v) is 11.1. The van der Waals surface area contributed by atoms with Crippen LogP contribution in [0.25, 0.3) is 19.5 Å². The molecule has 3 aromatic heterocycles. The second-order valence-electron chi connectivity index (χ2n) is 8.15. The van der Waals surface area contributed by atoms with E-state index in [1.807, 2.05) is 34.0 Å². The van der Waals surface area contributed by atoms with Gasteiger partial charge in [-0.1, -0.05) is 52.4 Å². The van der Waals surface area contributed by atoms with Gasteiger partial charge in [-0.05, 0) is 80.8 Å². The molecule has 0 aliphatic carbocycles. The Balaban J connectivity index is 1.67. The van der Waals surface area contributed by atoms with E-state index in [-0.39, 0.29) is 0 Å². The molecule has 3 aromatic rings. The van der Waals surface area contributed by atoms with Gasteiger partial charge in [0.25, 0.3) is 0 Å². The van der Waals surface area contributed by atoms with Crippen molar-refractivity contribution in [1.29, 1.82) is 0 Å². The predicted octanol–water partition coefficient (Wildman–Crippen LogP) is 11.7. The summed E-state index contributed by atoms with van der Waals surface area (Å²) in [5.74, 6) is 0. The fraction of sp³-hybridized carbons (Fsp3) is 0.500. The highest BCUT2D eigenvalue weighted by molar-refractivity contribution is 9.11. The first-order valence-electron chi connectivity index (χ1n) is 11.4. The summed E-state index contributed by atoms with van der Waals surface area (Å²) in [7, 11) is 0. The van der Waals surface area contributed by atoms with Crippen LogP contribution in [0.1, 0.15) is 76.3 Å². The topological polar surface area (TPSA) is 24.7 Å². The van der Waals surface area contributed by atoms with Gasteiger partial charge in [0.05, 0.1) is 38.4 Å². The van der Waals surface area contributed by atoms with Crippen LogP contribution in [0, 0.1) is 0 Å².